The Labute approximate surface area is 101 Å². The summed E-state index contributed by atoms with van der Waals surface area (Å²) in [6.45, 7) is 2.23. The fourth-order valence-corrected chi connectivity index (χ4v) is 3.36. The number of nitrogens with two attached hydrogens (primary N) is 1. The van der Waals surface area contributed by atoms with E-state index in [9.17, 15) is 4.79 Å². The normalized spacial score (nSPS) is 12.7. The molecule has 0 aromatic heterocycles. The van der Waals surface area contributed by atoms with Crippen LogP contribution in [0.3, 0.4) is 0 Å². The summed E-state index contributed by atoms with van der Waals surface area (Å²) in [5.41, 5.74) is 2.47. The Bertz CT molecular complexity index is 147. The largest absolute Gasteiger partial charge is 0.302 e. The number of rotatable bonds is 11. The van der Waals surface area contributed by atoms with Crippen molar-refractivity contribution in [2.75, 3.05) is 11.5 Å². The summed E-state index contributed by atoms with van der Waals surface area (Å²) < 4.78 is 0. The molecule has 0 aromatic rings. The first-order valence-corrected chi connectivity index (χ1v) is 7.99. The lowest BCUT2D eigenvalue weighted by Crippen LogP contribution is -2.37. The van der Waals surface area contributed by atoms with Crippen LogP contribution in [-0.4, -0.2) is 23.8 Å². The van der Waals surface area contributed by atoms with Crippen LogP contribution in [0, 0.1) is 0 Å². The predicted molar refractivity (Wildman–Crippen MR) is 70.9 cm³/mol. The van der Waals surface area contributed by atoms with Gasteiger partial charge in [0, 0.05) is 11.5 Å². The smallest absolute Gasteiger partial charge is 0.139 e. The SMILES string of the molecule is CCCCCCCSSC[C@@H](C=O)NN. The van der Waals surface area contributed by atoms with Gasteiger partial charge in [-0.1, -0.05) is 54.2 Å². The number of hydrogen-bond acceptors (Lipinski definition) is 5. The van der Waals surface area contributed by atoms with Gasteiger partial charge in [0.2, 0.25) is 0 Å². The molecule has 0 fully saturated rings. The molecule has 5 heteroatoms. The fraction of sp³-hybridized carbons (Fsp3) is 0.900. The first-order valence-electron chi connectivity index (χ1n) is 5.51. The van der Waals surface area contributed by atoms with Gasteiger partial charge in [-0.15, -0.1) is 0 Å². The molecule has 3 N–H and O–H groups in total. The van der Waals surface area contributed by atoms with Crippen LogP contribution in [-0.2, 0) is 4.79 Å². The maximum Gasteiger partial charge on any atom is 0.139 e. The van der Waals surface area contributed by atoms with Crippen molar-refractivity contribution in [1.29, 1.82) is 0 Å². The van der Waals surface area contributed by atoms with E-state index in [0.717, 1.165) is 12.0 Å². The van der Waals surface area contributed by atoms with Gasteiger partial charge in [0.1, 0.15) is 6.29 Å². The molecule has 0 aliphatic carbocycles. The molecule has 0 amide bonds. The van der Waals surface area contributed by atoms with Crippen molar-refractivity contribution in [3.63, 3.8) is 0 Å². The van der Waals surface area contributed by atoms with E-state index in [4.69, 9.17) is 5.84 Å². The van der Waals surface area contributed by atoms with E-state index in [2.05, 4.69) is 12.3 Å². The minimum Gasteiger partial charge on any atom is -0.302 e. The summed E-state index contributed by atoms with van der Waals surface area (Å²) in [6.07, 6.45) is 7.46. The Morgan fingerprint density at radius 1 is 1.27 bits per heavy atom. The van der Waals surface area contributed by atoms with Gasteiger partial charge in [-0.05, 0) is 6.42 Å². The number of hydrazine groups is 1. The van der Waals surface area contributed by atoms with Crippen molar-refractivity contribution in [3.8, 4) is 0 Å². The highest BCUT2D eigenvalue weighted by Crippen LogP contribution is 2.23. The maximum absolute atomic E-state index is 10.4. The Morgan fingerprint density at radius 3 is 2.60 bits per heavy atom. The molecule has 1 atom stereocenters. The van der Waals surface area contributed by atoms with Gasteiger partial charge in [-0.2, -0.15) is 0 Å². The number of unbranched alkanes of at least 4 members (excludes halogenated alkanes) is 4. The Morgan fingerprint density at radius 2 is 2.00 bits per heavy atom. The molecular formula is C10H22N2OS2. The maximum atomic E-state index is 10.4. The van der Waals surface area contributed by atoms with Crippen LogP contribution in [0.5, 0.6) is 0 Å². The zero-order chi connectivity index (χ0) is 11.4. The van der Waals surface area contributed by atoms with Crippen LogP contribution in [0.1, 0.15) is 39.0 Å². The average molecular weight is 250 g/mol. The Kier molecular flexibility index (Phi) is 12.6. The van der Waals surface area contributed by atoms with Crippen molar-refractivity contribution in [2.24, 2.45) is 5.84 Å². The molecule has 0 saturated heterocycles. The number of carbonyl (C=O) groups excluding carboxylic acids is 1. The standard InChI is InChI=1S/C10H22N2OS2/c1-2-3-4-5-6-7-14-15-9-10(8-13)12-11/h8,10,12H,2-7,9,11H2,1H3/t10-/m1/s1. The van der Waals surface area contributed by atoms with Gasteiger partial charge in [-0.25, -0.2) is 5.43 Å². The number of nitrogens with one attached hydrogen (secondary N) is 1. The second-order valence-corrected chi connectivity index (χ2v) is 6.06. The molecule has 90 valence electrons. The summed E-state index contributed by atoms with van der Waals surface area (Å²) >= 11 is 0. The monoisotopic (exact) mass is 250 g/mol. The number of carbonyl (C=O) groups is 1. The summed E-state index contributed by atoms with van der Waals surface area (Å²) in [4.78, 5) is 10.4. The van der Waals surface area contributed by atoms with Gasteiger partial charge < -0.3 is 4.79 Å². The van der Waals surface area contributed by atoms with E-state index in [0.29, 0.717) is 0 Å². The first-order chi connectivity index (χ1) is 7.35. The van der Waals surface area contributed by atoms with Crippen molar-refractivity contribution < 1.29 is 4.79 Å². The zero-order valence-electron chi connectivity index (χ0n) is 9.41. The zero-order valence-corrected chi connectivity index (χ0v) is 11.0. The third-order valence-electron chi connectivity index (χ3n) is 2.04. The van der Waals surface area contributed by atoms with E-state index in [-0.39, 0.29) is 6.04 Å². The van der Waals surface area contributed by atoms with Crippen LogP contribution in [0.2, 0.25) is 0 Å². The lowest BCUT2D eigenvalue weighted by atomic mass is 10.2. The molecular weight excluding hydrogens is 228 g/mol. The molecule has 0 spiro atoms. The Balaban J connectivity index is 3.07. The molecule has 0 aliphatic heterocycles. The lowest BCUT2D eigenvalue weighted by molar-refractivity contribution is -0.109. The molecule has 0 heterocycles. The number of aldehydes is 1. The fourth-order valence-electron chi connectivity index (χ4n) is 1.07. The molecule has 0 unspecified atom stereocenters. The minimum atomic E-state index is -0.206. The molecule has 0 aliphatic rings. The molecule has 3 nitrogen and oxygen atoms in total. The van der Waals surface area contributed by atoms with Gasteiger partial charge in [-0.3, -0.25) is 5.84 Å². The van der Waals surface area contributed by atoms with Crippen LogP contribution in [0.15, 0.2) is 0 Å². The number of hydrogen-bond donors (Lipinski definition) is 2. The predicted octanol–water partition coefficient (Wildman–Crippen LogP) is 2.37. The van der Waals surface area contributed by atoms with Gasteiger partial charge in [0.15, 0.2) is 0 Å². The summed E-state index contributed by atoms with van der Waals surface area (Å²) in [7, 11) is 3.55. The van der Waals surface area contributed by atoms with Crippen molar-refractivity contribution in [2.45, 2.75) is 45.1 Å². The lowest BCUT2D eigenvalue weighted by Gasteiger charge is -2.06. The van der Waals surface area contributed by atoms with E-state index >= 15 is 0 Å². The van der Waals surface area contributed by atoms with E-state index in [1.165, 1.54) is 37.9 Å². The topological polar surface area (TPSA) is 55.1 Å². The summed E-state index contributed by atoms with van der Waals surface area (Å²) in [5, 5.41) is 0. The minimum absolute atomic E-state index is 0.206. The van der Waals surface area contributed by atoms with Crippen molar-refractivity contribution in [1.82, 2.24) is 5.43 Å². The molecule has 0 rings (SSSR count). The van der Waals surface area contributed by atoms with Gasteiger partial charge in [0.25, 0.3) is 0 Å². The molecule has 0 bridgehead atoms. The highest BCUT2D eigenvalue weighted by molar-refractivity contribution is 8.76. The quantitative estimate of drug-likeness (QED) is 0.194. The highest BCUT2D eigenvalue weighted by atomic mass is 33.1. The van der Waals surface area contributed by atoms with E-state index in [1.807, 2.05) is 10.8 Å². The van der Waals surface area contributed by atoms with Gasteiger partial charge in [0.05, 0.1) is 6.04 Å². The van der Waals surface area contributed by atoms with E-state index < -0.39 is 0 Å². The van der Waals surface area contributed by atoms with Crippen LogP contribution in [0.4, 0.5) is 0 Å². The van der Waals surface area contributed by atoms with Crippen LogP contribution in [0.25, 0.3) is 0 Å². The second-order valence-electron chi connectivity index (χ2n) is 3.43. The average Bonchev–Trinajstić information content (AvgIpc) is 2.27. The first kappa shape index (κ1) is 15.3. The summed E-state index contributed by atoms with van der Waals surface area (Å²) in [6, 6.07) is -0.206. The summed E-state index contributed by atoms with van der Waals surface area (Å²) in [5.74, 6) is 7.10. The third-order valence-corrected chi connectivity index (χ3v) is 4.57. The third kappa shape index (κ3) is 10.6. The molecule has 15 heavy (non-hydrogen) atoms. The van der Waals surface area contributed by atoms with Gasteiger partial charge >= 0.3 is 0 Å². The van der Waals surface area contributed by atoms with Crippen molar-refractivity contribution >= 4 is 27.9 Å². The van der Waals surface area contributed by atoms with E-state index in [1.54, 1.807) is 10.8 Å². The van der Waals surface area contributed by atoms with Crippen LogP contribution >= 0.6 is 21.6 Å². The highest BCUT2D eigenvalue weighted by Gasteiger charge is 2.03. The molecule has 0 radical (unpaired) electrons. The second kappa shape index (κ2) is 12.4. The van der Waals surface area contributed by atoms with Crippen molar-refractivity contribution in [3.05, 3.63) is 0 Å². The molecule has 0 saturated carbocycles. The Hall–Kier alpha value is 0.290. The molecule has 0 aromatic carbocycles. The van der Waals surface area contributed by atoms with Crippen LogP contribution < -0.4 is 11.3 Å².